The minimum atomic E-state index is -0.955. The third-order valence-electron chi connectivity index (χ3n) is 3.85. The average molecular weight is 307 g/mol. The molecule has 0 radical (unpaired) electrons. The molecule has 2 aromatic carbocycles. The van der Waals surface area contributed by atoms with Crippen molar-refractivity contribution >= 4 is 23.6 Å². The minimum absolute atomic E-state index is 0.286. The van der Waals surface area contributed by atoms with Gasteiger partial charge in [0.2, 0.25) is 5.78 Å². The summed E-state index contributed by atoms with van der Waals surface area (Å²) in [5.41, 5.74) is 8.99. The van der Waals surface area contributed by atoms with Gasteiger partial charge in [0.15, 0.2) is 0 Å². The maximum Gasteiger partial charge on any atom is 0.289 e. The van der Waals surface area contributed by atoms with E-state index in [0.717, 1.165) is 35.2 Å². The molecule has 4 N–H and O–H groups in total. The van der Waals surface area contributed by atoms with Gasteiger partial charge in [0.25, 0.3) is 5.91 Å². The summed E-state index contributed by atoms with van der Waals surface area (Å²) in [6.07, 6.45) is 3.65. The van der Waals surface area contributed by atoms with Crippen LogP contribution in [0.15, 0.2) is 42.5 Å². The number of nitrogens with one attached hydrogen (secondary N) is 2. The van der Waals surface area contributed by atoms with Crippen molar-refractivity contribution in [3.63, 3.8) is 0 Å². The number of nitrogens with two attached hydrogens (primary N) is 1. The summed E-state index contributed by atoms with van der Waals surface area (Å²) >= 11 is 0. The van der Waals surface area contributed by atoms with E-state index in [1.807, 2.05) is 18.2 Å². The average Bonchev–Trinajstić information content (AvgIpc) is 3.38. The van der Waals surface area contributed by atoms with Gasteiger partial charge in [-0.3, -0.25) is 9.59 Å². The van der Waals surface area contributed by atoms with E-state index < -0.39 is 11.7 Å². The first-order chi connectivity index (χ1) is 11.1. The van der Waals surface area contributed by atoms with Crippen molar-refractivity contribution < 1.29 is 9.59 Å². The van der Waals surface area contributed by atoms with Crippen molar-refractivity contribution in [2.24, 2.45) is 5.73 Å². The Balaban J connectivity index is 1.90. The number of carbonyl (C=O) groups excluding carboxylic acids is 2. The van der Waals surface area contributed by atoms with Crippen molar-refractivity contribution in [1.29, 1.82) is 5.41 Å². The predicted octanol–water partition coefficient (Wildman–Crippen LogP) is 2.59. The molecule has 1 aliphatic rings. The summed E-state index contributed by atoms with van der Waals surface area (Å²) in [7, 11) is 0. The fourth-order valence-corrected chi connectivity index (χ4v) is 2.39. The van der Waals surface area contributed by atoms with Crippen LogP contribution in [0.25, 0.3) is 11.1 Å². The molecule has 0 atom stereocenters. The van der Waals surface area contributed by atoms with Crippen LogP contribution in [0.4, 0.5) is 5.69 Å². The SMILES string of the molecule is N=Cc1ccc(-c2ccc(C(=O)C(N)=O)cc2)cc1NC1CC1. The highest BCUT2D eigenvalue weighted by Crippen LogP contribution is 2.30. The van der Waals surface area contributed by atoms with E-state index in [1.54, 1.807) is 24.3 Å². The molecule has 1 amide bonds. The standard InChI is InChI=1S/C18H17N3O2/c19-10-14-6-5-13(9-16(14)21-15-7-8-15)11-1-3-12(4-2-11)17(22)18(20)23/h1-6,9-10,15,19,21H,7-8H2,(H2,20,23). The number of ketones is 1. The zero-order valence-electron chi connectivity index (χ0n) is 12.5. The molecule has 0 spiro atoms. The van der Waals surface area contributed by atoms with Crippen molar-refractivity contribution in [1.82, 2.24) is 0 Å². The number of primary amides is 1. The number of amides is 1. The fourth-order valence-electron chi connectivity index (χ4n) is 2.39. The lowest BCUT2D eigenvalue weighted by molar-refractivity contribution is -0.114. The van der Waals surface area contributed by atoms with E-state index in [0.29, 0.717) is 6.04 Å². The molecule has 2 aromatic rings. The van der Waals surface area contributed by atoms with Crippen LogP contribution in [0.2, 0.25) is 0 Å². The van der Waals surface area contributed by atoms with E-state index >= 15 is 0 Å². The third kappa shape index (κ3) is 3.29. The van der Waals surface area contributed by atoms with Crippen LogP contribution in [0.1, 0.15) is 28.8 Å². The van der Waals surface area contributed by atoms with Crippen molar-refractivity contribution in [3.8, 4) is 11.1 Å². The van der Waals surface area contributed by atoms with Gasteiger partial charge in [-0.05, 0) is 30.0 Å². The number of hydrogen-bond donors (Lipinski definition) is 3. The van der Waals surface area contributed by atoms with Gasteiger partial charge >= 0.3 is 0 Å². The number of carbonyl (C=O) groups is 2. The number of benzene rings is 2. The van der Waals surface area contributed by atoms with Gasteiger partial charge in [0.1, 0.15) is 0 Å². The number of anilines is 1. The molecule has 1 saturated carbocycles. The van der Waals surface area contributed by atoms with E-state index in [4.69, 9.17) is 11.1 Å². The second kappa shape index (κ2) is 6.04. The Kier molecular flexibility index (Phi) is 3.93. The second-order valence-corrected chi connectivity index (χ2v) is 5.64. The Morgan fingerprint density at radius 1 is 1.09 bits per heavy atom. The van der Waals surface area contributed by atoms with E-state index in [-0.39, 0.29) is 5.56 Å². The molecule has 5 heteroatoms. The quantitative estimate of drug-likeness (QED) is 0.435. The molecule has 0 heterocycles. The largest absolute Gasteiger partial charge is 0.382 e. The molecule has 23 heavy (non-hydrogen) atoms. The van der Waals surface area contributed by atoms with Crippen LogP contribution < -0.4 is 11.1 Å². The highest BCUT2D eigenvalue weighted by Gasteiger charge is 2.21. The molecule has 0 bridgehead atoms. The highest BCUT2D eigenvalue weighted by atomic mass is 16.2. The van der Waals surface area contributed by atoms with E-state index in [2.05, 4.69) is 5.32 Å². The fraction of sp³-hybridized carbons (Fsp3) is 0.167. The first-order valence-electron chi connectivity index (χ1n) is 7.44. The third-order valence-corrected chi connectivity index (χ3v) is 3.85. The summed E-state index contributed by atoms with van der Waals surface area (Å²) in [6.45, 7) is 0. The Hall–Kier alpha value is -2.95. The zero-order valence-corrected chi connectivity index (χ0v) is 12.5. The summed E-state index contributed by atoms with van der Waals surface area (Å²) in [4.78, 5) is 22.5. The molecule has 0 unspecified atom stereocenters. The lowest BCUT2D eigenvalue weighted by Crippen LogP contribution is -2.22. The Labute approximate surface area is 134 Å². The Bertz CT molecular complexity index is 777. The Morgan fingerprint density at radius 3 is 2.30 bits per heavy atom. The maximum absolute atomic E-state index is 11.5. The normalized spacial score (nSPS) is 13.4. The first-order valence-corrected chi connectivity index (χ1v) is 7.44. The number of hydrogen-bond acceptors (Lipinski definition) is 4. The molecule has 0 aliphatic heterocycles. The van der Waals surface area contributed by atoms with Crippen molar-refractivity contribution in [2.75, 3.05) is 5.32 Å². The Morgan fingerprint density at radius 2 is 1.74 bits per heavy atom. The molecule has 3 rings (SSSR count). The number of rotatable bonds is 6. The van der Waals surface area contributed by atoms with Crippen LogP contribution in [-0.4, -0.2) is 23.9 Å². The van der Waals surface area contributed by atoms with Gasteiger partial charge < -0.3 is 16.5 Å². The summed E-state index contributed by atoms with van der Waals surface area (Å²) < 4.78 is 0. The number of Topliss-reactive ketones (excluding diaryl/α,β-unsaturated/α-hetero) is 1. The van der Waals surface area contributed by atoms with Crippen LogP contribution in [0.3, 0.4) is 0 Å². The van der Waals surface area contributed by atoms with Crippen LogP contribution in [-0.2, 0) is 4.79 Å². The van der Waals surface area contributed by atoms with Gasteiger partial charge in [-0.2, -0.15) is 0 Å². The molecule has 1 fully saturated rings. The van der Waals surface area contributed by atoms with Crippen LogP contribution >= 0.6 is 0 Å². The van der Waals surface area contributed by atoms with E-state index in [9.17, 15) is 9.59 Å². The van der Waals surface area contributed by atoms with Crippen LogP contribution in [0, 0.1) is 5.41 Å². The minimum Gasteiger partial charge on any atom is -0.382 e. The van der Waals surface area contributed by atoms with Crippen molar-refractivity contribution in [3.05, 3.63) is 53.6 Å². The summed E-state index contributed by atoms with van der Waals surface area (Å²) in [5, 5.41) is 10.9. The molecule has 0 aromatic heterocycles. The molecule has 1 aliphatic carbocycles. The summed E-state index contributed by atoms with van der Waals surface area (Å²) in [5.74, 6) is -1.64. The lowest BCUT2D eigenvalue weighted by Gasteiger charge is -2.11. The van der Waals surface area contributed by atoms with Gasteiger partial charge in [0, 0.05) is 29.1 Å². The van der Waals surface area contributed by atoms with Gasteiger partial charge in [-0.1, -0.05) is 36.4 Å². The van der Waals surface area contributed by atoms with Crippen LogP contribution in [0.5, 0.6) is 0 Å². The lowest BCUT2D eigenvalue weighted by atomic mass is 10.00. The zero-order chi connectivity index (χ0) is 16.4. The smallest absolute Gasteiger partial charge is 0.289 e. The topological polar surface area (TPSA) is 96.0 Å². The molecular weight excluding hydrogens is 290 g/mol. The van der Waals surface area contributed by atoms with Gasteiger partial charge in [-0.15, -0.1) is 0 Å². The molecule has 0 saturated heterocycles. The second-order valence-electron chi connectivity index (χ2n) is 5.64. The van der Waals surface area contributed by atoms with Crippen molar-refractivity contribution in [2.45, 2.75) is 18.9 Å². The molecule has 116 valence electrons. The monoisotopic (exact) mass is 307 g/mol. The molecule has 5 nitrogen and oxygen atoms in total. The predicted molar refractivity (Wildman–Crippen MR) is 89.9 cm³/mol. The maximum atomic E-state index is 11.5. The van der Waals surface area contributed by atoms with E-state index in [1.165, 1.54) is 6.21 Å². The van der Waals surface area contributed by atoms with Gasteiger partial charge in [-0.25, -0.2) is 0 Å². The van der Waals surface area contributed by atoms with Gasteiger partial charge in [0.05, 0.1) is 0 Å². The molecular formula is C18H17N3O2. The first kappa shape index (κ1) is 15.0. The summed E-state index contributed by atoms with van der Waals surface area (Å²) in [6, 6.07) is 13.1. The highest BCUT2D eigenvalue weighted by molar-refractivity contribution is 6.42.